The Bertz CT molecular complexity index is 4360. The summed E-state index contributed by atoms with van der Waals surface area (Å²) in [5.41, 5.74) is 13.7. The monoisotopic (exact) mass is 902 g/mol. The Labute approximate surface area is 410 Å². The zero-order valence-electron chi connectivity index (χ0n) is 38.6. The van der Waals surface area contributed by atoms with Crippen LogP contribution < -0.4 is 0 Å². The molecule has 0 spiro atoms. The molecule has 0 fully saturated rings. The smallest absolute Gasteiger partial charge is 0.160 e. The minimum Gasteiger partial charge on any atom is -0.456 e. The van der Waals surface area contributed by atoms with Crippen LogP contribution in [0, 0.1) is 0 Å². The number of hydrogen-bond acceptors (Lipinski definition) is 3. The molecule has 0 N–H and O–H groups in total. The van der Waals surface area contributed by atoms with E-state index in [1.807, 2.05) is 36.4 Å². The second-order valence-corrected chi connectivity index (χ2v) is 18.4. The summed E-state index contributed by atoms with van der Waals surface area (Å²) in [6.45, 7) is 0. The van der Waals surface area contributed by atoms with Gasteiger partial charge >= 0.3 is 0 Å². The molecule has 0 aliphatic carbocycles. The zero-order valence-corrected chi connectivity index (χ0v) is 38.6. The van der Waals surface area contributed by atoms with Crippen molar-refractivity contribution >= 4 is 64.8 Å². The standard InChI is InChI=1S/C68H42N2O/c1-2-17-46(18-3-1)68-69-63(57-27-13-14-28-59(57)66-41-48-20-6-15-29-65(48)71-66)42-64(70-68)58-38-36-50(53-23-9-11-25-55(53)58)44-30-32-45(33-31-44)51-37-39-60(56-26-12-10-24-54(51)56)67-52-22-8-5-19-47(52)40-62-49-21-7-4-16-43(49)34-35-61(62)67/h1-42H. The van der Waals surface area contributed by atoms with Gasteiger partial charge in [0.25, 0.3) is 0 Å². The number of furan rings is 1. The van der Waals surface area contributed by atoms with Gasteiger partial charge in [-0.3, -0.25) is 0 Å². The quantitative estimate of drug-likeness (QED) is 0.118. The van der Waals surface area contributed by atoms with E-state index in [1.54, 1.807) is 0 Å². The Kier molecular flexibility index (Phi) is 9.53. The van der Waals surface area contributed by atoms with Gasteiger partial charge in [-0.2, -0.15) is 0 Å². The van der Waals surface area contributed by atoms with Crippen LogP contribution in [0.3, 0.4) is 0 Å². The molecule has 2 heterocycles. The van der Waals surface area contributed by atoms with Crippen molar-refractivity contribution in [3.05, 3.63) is 255 Å². The number of benzene rings is 12. The minimum atomic E-state index is 0.668. The lowest BCUT2D eigenvalue weighted by atomic mass is 9.86. The fourth-order valence-electron chi connectivity index (χ4n) is 11.0. The summed E-state index contributed by atoms with van der Waals surface area (Å²) in [6.07, 6.45) is 0. The van der Waals surface area contributed by atoms with Crippen molar-refractivity contribution in [3.63, 3.8) is 0 Å². The fourth-order valence-corrected chi connectivity index (χ4v) is 11.0. The highest BCUT2D eigenvalue weighted by molar-refractivity contribution is 6.23. The van der Waals surface area contributed by atoms with Crippen molar-refractivity contribution in [2.24, 2.45) is 0 Å². The van der Waals surface area contributed by atoms with Crippen molar-refractivity contribution < 1.29 is 4.42 Å². The number of hydrogen-bond donors (Lipinski definition) is 0. The largest absolute Gasteiger partial charge is 0.456 e. The van der Waals surface area contributed by atoms with E-state index in [0.717, 1.165) is 66.7 Å². The van der Waals surface area contributed by atoms with Gasteiger partial charge in [0.2, 0.25) is 0 Å². The molecule has 14 aromatic rings. The molecule has 0 aliphatic heterocycles. The summed E-state index contributed by atoms with van der Waals surface area (Å²) in [5.74, 6) is 1.47. The predicted molar refractivity (Wildman–Crippen MR) is 297 cm³/mol. The predicted octanol–water partition coefficient (Wildman–Crippen LogP) is 18.7. The summed E-state index contributed by atoms with van der Waals surface area (Å²) in [4.78, 5) is 10.5. The van der Waals surface area contributed by atoms with Crippen LogP contribution in [0.1, 0.15) is 0 Å². The van der Waals surface area contributed by atoms with Gasteiger partial charge in [-0.25, -0.2) is 9.97 Å². The van der Waals surface area contributed by atoms with E-state index in [2.05, 4.69) is 218 Å². The Morgan fingerprint density at radius 1 is 0.254 bits per heavy atom. The Morgan fingerprint density at radius 3 is 1.45 bits per heavy atom. The van der Waals surface area contributed by atoms with E-state index in [1.165, 1.54) is 70.9 Å². The van der Waals surface area contributed by atoms with Gasteiger partial charge in [0, 0.05) is 27.6 Å². The third-order valence-electron chi connectivity index (χ3n) is 14.3. The van der Waals surface area contributed by atoms with Gasteiger partial charge in [0.05, 0.1) is 11.4 Å². The molecule has 0 saturated heterocycles. The lowest BCUT2D eigenvalue weighted by molar-refractivity contribution is 0.632. The molecule has 3 heteroatoms. The first-order valence-electron chi connectivity index (χ1n) is 24.2. The van der Waals surface area contributed by atoms with Crippen molar-refractivity contribution in [2.75, 3.05) is 0 Å². The van der Waals surface area contributed by atoms with Crippen LogP contribution in [0.2, 0.25) is 0 Å². The summed E-state index contributed by atoms with van der Waals surface area (Å²) in [7, 11) is 0. The van der Waals surface area contributed by atoms with Gasteiger partial charge < -0.3 is 4.42 Å². The average Bonchev–Trinajstić information content (AvgIpc) is 3.89. The van der Waals surface area contributed by atoms with E-state index >= 15 is 0 Å². The van der Waals surface area contributed by atoms with Crippen LogP contribution >= 0.6 is 0 Å². The van der Waals surface area contributed by atoms with Crippen molar-refractivity contribution in [1.29, 1.82) is 0 Å². The van der Waals surface area contributed by atoms with E-state index < -0.39 is 0 Å². The van der Waals surface area contributed by atoms with Gasteiger partial charge in [-0.15, -0.1) is 0 Å². The van der Waals surface area contributed by atoms with Gasteiger partial charge in [0.1, 0.15) is 11.3 Å². The number of aromatic nitrogens is 2. The van der Waals surface area contributed by atoms with Crippen LogP contribution in [0.5, 0.6) is 0 Å². The molecule has 14 rings (SSSR count). The molecule has 0 radical (unpaired) electrons. The Hall–Kier alpha value is -9.44. The summed E-state index contributed by atoms with van der Waals surface area (Å²) in [6, 6.07) is 91.3. The van der Waals surface area contributed by atoms with Crippen LogP contribution in [0.4, 0.5) is 0 Å². The molecular weight excluding hydrogens is 861 g/mol. The summed E-state index contributed by atoms with van der Waals surface area (Å²) in [5, 5.41) is 13.4. The topological polar surface area (TPSA) is 38.9 Å². The summed E-state index contributed by atoms with van der Waals surface area (Å²) >= 11 is 0. The Balaban J connectivity index is 0.866. The highest BCUT2D eigenvalue weighted by Gasteiger charge is 2.20. The molecule has 0 aliphatic rings. The van der Waals surface area contributed by atoms with E-state index in [0.29, 0.717) is 5.82 Å². The first kappa shape index (κ1) is 40.6. The van der Waals surface area contributed by atoms with Crippen molar-refractivity contribution in [3.8, 4) is 78.6 Å². The van der Waals surface area contributed by atoms with Crippen molar-refractivity contribution in [2.45, 2.75) is 0 Å². The van der Waals surface area contributed by atoms with Gasteiger partial charge in [0.15, 0.2) is 5.82 Å². The highest BCUT2D eigenvalue weighted by atomic mass is 16.3. The molecule has 0 unspecified atom stereocenters. The van der Waals surface area contributed by atoms with E-state index in [4.69, 9.17) is 14.4 Å². The second kappa shape index (κ2) is 16.7. The molecule has 0 saturated carbocycles. The third kappa shape index (κ3) is 6.89. The van der Waals surface area contributed by atoms with E-state index in [-0.39, 0.29) is 0 Å². The first-order chi connectivity index (χ1) is 35.2. The van der Waals surface area contributed by atoms with Crippen LogP contribution in [0.25, 0.3) is 143 Å². The zero-order chi connectivity index (χ0) is 46.8. The van der Waals surface area contributed by atoms with Crippen LogP contribution in [-0.2, 0) is 0 Å². The summed E-state index contributed by atoms with van der Waals surface area (Å²) < 4.78 is 6.42. The molecule has 3 nitrogen and oxygen atoms in total. The minimum absolute atomic E-state index is 0.668. The molecule has 0 bridgehead atoms. The Morgan fingerprint density at radius 2 is 0.761 bits per heavy atom. The van der Waals surface area contributed by atoms with Crippen molar-refractivity contribution in [1.82, 2.24) is 9.97 Å². The average molecular weight is 903 g/mol. The normalized spacial score (nSPS) is 11.7. The number of rotatable bonds is 7. The fraction of sp³-hybridized carbons (Fsp3) is 0. The third-order valence-corrected chi connectivity index (χ3v) is 14.3. The number of para-hydroxylation sites is 1. The molecule has 2 aromatic heterocycles. The van der Waals surface area contributed by atoms with E-state index in [9.17, 15) is 0 Å². The molecule has 0 amide bonds. The maximum atomic E-state index is 6.42. The maximum Gasteiger partial charge on any atom is 0.160 e. The lowest BCUT2D eigenvalue weighted by Gasteiger charge is -2.17. The first-order valence-corrected chi connectivity index (χ1v) is 24.2. The number of nitrogens with zero attached hydrogens (tertiary/aromatic N) is 2. The van der Waals surface area contributed by atoms with Gasteiger partial charge in [-0.1, -0.05) is 231 Å². The lowest BCUT2D eigenvalue weighted by Crippen LogP contribution is -1.97. The molecule has 0 atom stereocenters. The molecule has 71 heavy (non-hydrogen) atoms. The van der Waals surface area contributed by atoms with Crippen LogP contribution in [-0.4, -0.2) is 9.97 Å². The molecular formula is C68H42N2O. The SMILES string of the molecule is c1ccc(-c2nc(-c3ccccc3-c3cc4ccccc4o3)cc(-c3ccc(-c4ccc(-c5ccc(-c6c7ccccc7cc7c6ccc6ccccc67)c6ccccc56)cc4)c4ccccc34)n2)cc1. The molecule has 330 valence electrons. The van der Waals surface area contributed by atoms with Gasteiger partial charge in [-0.05, 0) is 112 Å². The second-order valence-electron chi connectivity index (χ2n) is 18.4. The molecule has 12 aromatic carbocycles. The highest BCUT2D eigenvalue weighted by Crippen LogP contribution is 2.45. The van der Waals surface area contributed by atoms with Crippen LogP contribution in [0.15, 0.2) is 259 Å². The number of fused-ring (bicyclic) bond motifs is 7. The maximum absolute atomic E-state index is 6.42.